The molecule has 0 unspecified atom stereocenters. The molecule has 0 aliphatic heterocycles. The van der Waals surface area contributed by atoms with Gasteiger partial charge < -0.3 is 15.5 Å². The van der Waals surface area contributed by atoms with Crippen molar-refractivity contribution in [3.8, 4) is 0 Å². The van der Waals surface area contributed by atoms with Crippen molar-refractivity contribution in [2.45, 2.75) is 26.3 Å². The van der Waals surface area contributed by atoms with Gasteiger partial charge in [-0.25, -0.2) is 4.79 Å². The minimum Gasteiger partial charge on any atom is -0.378 e. The van der Waals surface area contributed by atoms with Crippen LogP contribution in [0.5, 0.6) is 0 Å². The van der Waals surface area contributed by atoms with Crippen LogP contribution in [0, 0.1) is 0 Å². The van der Waals surface area contributed by atoms with Gasteiger partial charge >= 0.3 is 6.03 Å². The Kier molecular flexibility index (Phi) is 3.99. The fourth-order valence-electron chi connectivity index (χ4n) is 1.35. The van der Waals surface area contributed by atoms with Crippen molar-refractivity contribution in [2.75, 3.05) is 24.3 Å². The van der Waals surface area contributed by atoms with E-state index in [-0.39, 0.29) is 11.6 Å². The molecule has 1 aromatic carbocycles. The third kappa shape index (κ3) is 4.76. The van der Waals surface area contributed by atoms with Crippen molar-refractivity contribution in [1.82, 2.24) is 5.32 Å². The maximum Gasteiger partial charge on any atom is 0.319 e. The van der Waals surface area contributed by atoms with Crippen molar-refractivity contribution in [1.29, 1.82) is 0 Å². The molecular formula is C13H21N3O. The minimum absolute atomic E-state index is 0.185. The monoisotopic (exact) mass is 235 g/mol. The molecule has 0 bridgehead atoms. The van der Waals surface area contributed by atoms with Crippen LogP contribution in [0.25, 0.3) is 0 Å². The lowest BCUT2D eigenvalue weighted by Gasteiger charge is -2.21. The summed E-state index contributed by atoms with van der Waals surface area (Å²) in [4.78, 5) is 13.6. The Bertz CT molecular complexity index is 377. The number of carbonyl (C=O) groups excluding carboxylic acids is 1. The summed E-state index contributed by atoms with van der Waals surface area (Å²) in [5.74, 6) is 0. The summed E-state index contributed by atoms with van der Waals surface area (Å²) in [7, 11) is 3.96. The predicted octanol–water partition coefficient (Wildman–Crippen LogP) is 2.67. The van der Waals surface area contributed by atoms with Crippen LogP contribution >= 0.6 is 0 Å². The van der Waals surface area contributed by atoms with Gasteiger partial charge in [0.15, 0.2) is 0 Å². The van der Waals surface area contributed by atoms with Crippen molar-refractivity contribution in [3.63, 3.8) is 0 Å². The number of nitrogens with one attached hydrogen (secondary N) is 2. The molecule has 0 radical (unpaired) electrons. The van der Waals surface area contributed by atoms with Gasteiger partial charge in [0.1, 0.15) is 0 Å². The van der Waals surface area contributed by atoms with E-state index in [0.29, 0.717) is 0 Å². The van der Waals surface area contributed by atoms with E-state index in [1.165, 1.54) is 0 Å². The highest BCUT2D eigenvalue weighted by Gasteiger charge is 2.13. The molecule has 0 saturated heterocycles. The molecule has 2 amide bonds. The number of amides is 2. The molecule has 4 heteroatoms. The Morgan fingerprint density at radius 2 is 1.65 bits per heavy atom. The van der Waals surface area contributed by atoms with Crippen LogP contribution in [0.4, 0.5) is 16.2 Å². The van der Waals surface area contributed by atoms with Crippen LogP contribution < -0.4 is 15.5 Å². The Morgan fingerprint density at radius 3 is 2.06 bits per heavy atom. The zero-order chi connectivity index (χ0) is 13.1. The van der Waals surface area contributed by atoms with Crippen molar-refractivity contribution >= 4 is 17.4 Å². The average molecular weight is 235 g/mol. The highest BCUT2D eigenvalue weighted by atomic mass is 16.2. The van der Waals surface area contributed by atoms with Crippen LogP contribution in [-0.4, -0.2) is 25.7 Å². The first-order valence-electron chi connectivity index (χ1n) is 5.64. The van der Waals surface area contributed by atoms with Crippen molar-refractivity contribution in [2.24, 2.45) is 0 Å². The van der Waals surface area contributed by atoms with E-state index in [2.05, 4.69) is 10.6 Å². The largest absolute Gasteiger partial charge is 0.378 e. The Morgan fingerprint density at radius 1 is 1.12 bits per heavy atom. The highest BCUT2D eigenvalue weighted by Crippen LogP contribution is 2.15. The quantitative estimate of drug-likeness (QED) is 0.827. The summed E-state index contributed by atoms with van der Waals surface area (Å²) < 4.78 is 0. The van der Waals surface area contributed by atoms with E-state index in [1.807, 2.05) is 64.0 Å². The number of hydrogen-bond acceptors (Lipinski definition) is 2. The maximum absolute atomic E-state index is 11.6. The smallest absolute Gasteiger partial charge is 0.319 e. The second-order valence-corrected chi connectivity index (χ2v) is 5.27. The average Bonchev–Trinajstić information content (AvgIpc) is 2.15. The number of benzene rings is 1. The number of hydrogen-bond donors (Lipinski definition) is 2. The standard InChI is InChI=1S/C13H21N3O/c1-13(2,3)15-12(17)14-10-6-8-11(9-7-10)16(4)5/h6-9H,1-5H3,(H2,14,15,17). The van der Waals surface area contributed by atoms with Gasteiger partial charge in [0.05, 0.1) is 0 Å². The Hall–Kier alpha value is -1.71. The third-order valence-electron chi connectivity index (χ3n) is 2.13. The zero-order valence-electron chi connectivity index (χ0n) is 11.2. The van der Waals surface area contributed by atoms with Gasteiger partial charge in [-0.3, -0.25) is 0 Å². The fraction of sp³-hybridized carbons (Fsp3) is 0.462. The molecular weight excluding hydrogens is 214 g/mol. The lowest BCUT2D eigenvalue weighted by molar-refractivity contribution is 0.244. The molecule has 0 aliphatic carbocycles. The summed E-state index contributed by atoms with van der Waals surface area (Å²) in [5.41, 5.74) is 1.66. The highest BCUT2D eigenvalue weighted by molar-refractivity contribution is 5.89. The fourth-order valence-corrected chi connectivity index (χ4v) is 1.35. The van der Waals surface area contributed by atoms with E-state index in [0.717, 1.165) is 11.4 Å². The van der Waals surface area contributed by atoms with E-state index in [9.17, 15) is 4.79 Å². The van der Waals surface area contributed by atoms with E-state index >= 15 is 0 Å². The molecule has 1 aromatic rings. The van der Waals surface area contributed by atoms with Crippen molar-refractivity contribution < 1.29 is 4.79 Å². The molecule has 4 nitrogen and oxygen atoms in total. The van der Waals surface area contributed by atoms with Gasteiger partial charge in [-0.2, -0.15) is 0 Å². The molecule has 2 N–H and O–H groups in total. The van der Waals surface area contributed by atoms with Gasteiger partial charge in [-0.1, -0.05) is 0 Å². The molecule has 17 heavy (non-hydrogen) atoms. The topological polar surface area (TPSA) is 44.4 Å². The summed E-state index contributed by atoms with van der Waals surface area (Å²) >= 11 is 0. The number of rotatable bonds is 2. The van der Waals surface area contributed by atoms with Gasteiger partial charge in [0.2, 0.25) is 0 Å². The third-order valence-corrected chi connectivity index (χ3v) is 2.13. The van der Waals surface area contributed by atoms with Gasteiger partial charge in [0.25, 0.3) is 0 Å². The second-order valence-electron chi connectivity index (χ2n) is 5.27. The second kappa shape index (κ2) is 5.08. The number of anilines is 2. The zero-order valence-corrected chi connectivity index (χ0v) is 11.2. The summed E-state index contributed by atoms with van der Waals surface area (Å²) in [6.45, 7) is 5.84. The Labute approximate surface area is 103 Å². The number of nitrogens with zero attached hydrogens (tertiary/aromatic N) is 1. The van der Waals surface area contributed by atoms with Crippen LogP contribution in [0.3, 0.4) is 0 Å². The normalized spacial score (nSPS) is 10.9. The minimum atomic E-state index is -0.229. The molecule has 0 aliphatic rings. The first-order valence-corrected chi connectivity index (χ1v) is 5.64. The Balaban J connectivity index is 2.61. The van der Waals surface area contributed by atoms with Crippen LogP contribution in [0.15, 0.2) is 24.3 Å². The molecule has 0 aromatic heterocycles. The van der Waals surface area contributed by atoms with Gasteiger partial charge in [-0.15, -0.1) is 0 Å². The first kappa shape index (κ1) is 13.4. The summed E-state index contributed by atoms with van der Waals surface area (Å²) in [6, 6.07) is 7.52. The maximum atomic E-state index is 11.6. The number of urea groups is 1. The molecule has 0 heterocycles. The lowest BCUT2D eigenvalue weighted by Crippen LogP contribution is -2.43. The van der Waals surface area contributed by atoms with E-state index in [4.69, 9.17) is 0 Å². The number of carbonyl (C=O) groups is 1. The van der Waals surface area contributed by atoms with Crippen LogP contribution in [0.2, 0.25) is 0 Å². The summed E-state index contributed by atoms with van der Waals surface area (Å²) in [6.07, 6.45) is 0. The molecule has 0 spiro atoms. The van der Waals surface area contributed by atoms with E-state index in [1.54, 1.807) is 0 Å². The SMILES string of the molecule is CN(C)c1ccc(NC(=O)NC(C)(C)C)cc1. The molecule has 0 saturated carbocycles. The van der Waals surface area contributed by atoms with E-state index < -0.39 is 0 Å². The van der Waals surface area contributed by atoms with Crippen LogP contribution in [-0.2, 0) is 0 Å². The molecule has 0 atom stereocenters. The van der Waals surface area contributed by atoms with Gasteiger partial charge in [-0.05, 0) is 45.0 Å². The van der Waals surface area contributed by atoms with Crippen LogP contribution in [0.1, 0.15) is 20.8 Å². The lowest BCUT2D eigenvalue weighted by atomic mass is 10.1. The summed E-state index contributed by atoms with van der Waals surface area (Å²) in [5, 5.41) is 5.64. The van der Waals surface area contributed by atoms with Crippen molar-refractivity contribution in [3.05, 3.63) is 24.3 Å². The molecule has 1 rings (SSSR count). The first-order chi connectivity index (χ1) is 7.78. The molecule has 94 valence electrons. The van der Waals surface area contributed by atoms with Gasteiger partial charge in [0, 0.05) is 31.0 Å². The molecule has 0 fully saturated rings. The predicted molar refractivity (Wildman–Crippen MR) is 72.7 cm³/mol.